The van der Waals surface area contributed by atoms with Crippen molar-refractivity contribution in [2.45, 2.75) is 13.1 Å². The molecule has 4 rings (SSSR count). The number of rotatable bonds is 5. The van der Waals surface area contributed by atoms with Gasteiger partial charge in [0.05, 0.1) is 24.7 Å². The molecular formula is C18H16N4O. The molecule has 0 aliphatic rings. The van der Waals surface area contributed by atoms with Gasteiger partial charge >= 0.3 is 0 Å². The lowest BCUT2D eigenvalue weighted by Crippen LogP contribution is -2.02. The Morgan fingerprint density at radius 1 is 1.00 bits per heavy atom. The van der Waals surface area contributed by atoms with Gasteiger partial charge in [-0.2, -0.15) is 0 Å². The summed E-state index contributed by atoms with van der Waals surface area (Å²) in [4.78, 5) is 8.92. The molecule has 1 aromatic carbocycles. The summed E-state index contributed by atoms with van der Waals surface area (Å²) in [6.45, 7) is 1.38. The molecule has 0 atom stereocenters. The van der Waals surface area contributed by atoms with E-state index in [9.17, 15) is 0 Å². The van der Waals surface area contributed by atoms with Crippen LogP contribution >= 0.6 is 0 Å². The monoisotopic (exact) mass is 304 g/mol. The van der Waals surface area contributed by atoms with E-state index in [1.807, 2.05) is 42.7 Å². The van der Waals surface area contributed by atoms with Crippen molar-refractivity contribution in [2.24, 2.45) is 0 Å². The van der Waals surface area contributed by atoms with Crippen molar-refractivity contribution >= 4 is 16.9 Å². The van der Waals surface area contributed by atoms with Crippen LogP contribution in [0.25, 0.3) is 11.0 Å². The predicted octanol–water partition coefficient (Wildman–Crippen LogP) is 3.68. The normalized spacial score (nSPS) is 11.0. The zero-order valence-electron chi connectivity index (χ0n) is 12.5. The number of anilines is 1. The molecule has 114 valence electrons. The molecule has 3 aromatic heterocycles. The fourth-order valence-electron chi connectivity index (χ4n) is 2.61. The van der Waals surface area contributed by atoms with Crippen LogP contribution in [-0.2, 0) is 13.1 Å². The fraction of sp³-hybridized carbons (Fsp3) is 0.111. The second kappa shape index (κ2) is 5.96. The van der Waals surface area contributed by atoms with Gasteiger partial charge < -0.3 is 14.3 Å². The third-order valence-corrected chi connectivity index (χ3v) is 3.74. The van der Waals surface area contributed by atoms with Gasteiger partial charge in [-0.05, 0) is 23.8 Å². The van der Waals surface area contributed by atoms with Gasteiger partial charge in [0.25, 0.3) is 0 Å². The van der Waals surface area contributed by atoms with Crippen molar-refractivity contribution < 1.29 is 4.42 Å². The van der Waals surface area contributed by atoms with E-state index in [0.29, 0.717) is 6.54 Å². The van der Waals surface area contributed by atoms with Crippen molar-refractivity contribution in [2.75, 3.05) is 5.32 Å². The van der Waals surface area contributed by atoms with E-state index in [4.69, 9.17) is 4.42 Å². The number of nitrogens with zero attached hydrogens (tertiary/aromatic N) is 3. The predicted molar refractivity (Wildman–Crippen MR) is 89.1 cm³/mol. The number of fused-ring (bicyclic) bond motifs is 1. The summed E-state index contributed by atoms with van der Waals surface area (Å²) in [7, 11) is 0. The molecular weight excluding hydrogens is 288 g/mol. The Morgan fingerprint density at radius 2 is 1.91 bits per heavy atom. The Labute approximate surface area is 133 Å². The van der Waals surface area contributed by atoms with E-state index in [1.165, 1.54) is 5.56 Å². The van der Waals surface area contributed by atoms with Crippen LogP contribution in [-0.4, -0.2) is 14.5 Å². The second-order valence-electron chi connectivity index (χ2n) is 5.32. The van der Waals surface area contributed by atoms with E-state index < -0.39 is 0 Å². The Kier molecular flexibility index (Phi) is 3.52. The lowest BCUT2D eigenvalue weighted by Gasteiger charge is -2.06. The molecule has 0 aliphatic heterocycles. The minimum Gasteiger partial charge on any atom is -0.467 e. The summed E-state index contributed by atoms with van der Waals surface area (Å²) in [5, 5.41) is 3.29. The Balaban J connectivity index is 1.61. The maximum atomic E-state index is 5.34. The topological polar surface area (TPSA) is 55.9 Å². The van der Waals surface area contributed by atoms with Gasteiger partial charge in [0.1, 0.15) is 11.3 Å². The number of furan rings is 1. The minimum atomic E-state index is 0.588. The molecule has 1 N–H and O–H groups in total. The molecule has 0 spiro atoms. The number of aromatic nitrogens is 3. The molecule has 0 saturated carbocycles. The molecule has 0 amide bonds. The van der Waals surface area contributed by atoms with Crippen LogP contribution in [0.15, 0.2) is 71.7 Å². The molecule has 4 aromatic rings. The highest BCUT2D eigenvalue weighted by Gasteiger charge is 2.09. The summed E-state index contributed by atoms with van der Waals surface area (Å²) in [5.41, 5.74) is 3.18. The SMILES string of the molecule is c1ccc(Cn2cnc3c(NCc4ccco4)nccc32)cc1. The smallest absolute Gasteiger partial charge is 0.154 e. The van der Waals surface area contributed by atoms with Crippen molar-refractivity contribution in [3.63, 3.8) is 0 Å². The second-order valence-corrected chi connectivity index (χ2v) is 5.32. The first-order chi connectivity index (χ1) is 11.4. The third-order valence-electron chi connectivity index (χ3n) is 3.74. The zero-order chi connectivity index (χ0) is 15.5. The van der Waals surface area contributed by atoms with Crippen LogP contribution in [0.3, 0.4) is 0 Å². The minimum absolute atomic E-state index is 0.588. The maximum Gasteiger partial charge on any atom is 0.154 e. The summed E-state index contributed by atoms with van der Waals surface area (Å²) >= 11 is 0. The zero-order valence-corrected chi connectivity index (χ0v) is 12.5. The van der Waals surface area contributed by atoms with Crippen molar-refractivity contribution in [1.82, 2.24) is 14.5 Å². The Bertz CT molecular complexity index is 897. The highest BCUT2D eigenvalue weighted by molar-refractivity contribution is 5.85. The first-order valence-corrected chi connectivity index (χ1v) is 7.50. The Hall–Kier alpha value is -3.08. The van der Waals surface area contributed by atoms with Crippen molar-refractivity contribution in [3.8, 4) is 0 Å². The van der Waals surface area contributed by atoms with Gasteiger partial charge in [0.2, 0.25) is 0 Å². The number of benzene rings is 1. The highest BCUT2D eigenvalue weighted by Crippen LogP contribution is 2.21. The number of hydrogen-bond donors (Lipinski definition) is 1. The lowest BCUT2D eigenvalue weighted by molar-refractivity contribution is 0.518. The van der Waals surface area contributed by atoms with E-state index in [1.54, 1.807) is 12.5 Å². The summed E-state index contributed by atoms with van der Waals surface area (Å²) in [6.07, 6.45) is 5.33. The van der Waals surface area contributed by atoms with Gasteiger partial charge in [0.15, 0.2) is 5.82 Å². The molecule has 0 aliphatic carbocycles. The van der Waals surface area contributed by atoms with E-state index in [2.05, 4.69) is 32.0 Å². The first kappa shape index (κ1) is 13.6. The highest BCUT2D eigenvalue weighted by atomic mass is 16.3. The largest absolute Gasteiger partial charge is 0.467 e. The third kappa shape index (κ3) is 2.81. The molecule has 5 nitrogen and oxygen atoms in total. The van der Waals surface area contributed by atoms with E-state index in [-0.39, 0.29) is 0 Å². The summed E-state index contributed by atoms with van der Waals surface area (Å²) < 4.78 is 7.46. The van der Waals surface area contributed by atoms with Gasteiger partial charge in [-0.1, -0.05) is 30.3 Å². The standard InChI is InChI=1S/C18H16N4O/c1-2-5-14(6-3-1)12-22-13-21-17-16(22)8-9-19-18(17)20-11-15-7-4-10-23-15/h1-10,13H,11-12H2,(H,19,20). The maximum absolute atomic E-state index is 5.34. The molecule has 0 saturated heterocycles. The summed E-state index contributed by atoms with van der Waals surface area (Å²) in [6, 6.07) is 16.1. The molecule has 23 heavy (non-hydrogen) atoms. The van der Waals surface area contributed by atoms with Crippen LogP contribution in [0.5, 0.6) is 0 Å². The summed E-state index contributed by atoms with van der Waals surface area (Å²) in [5.74, 6) is 1.64. The average molecular weight is 304 g/mol. The molecule has 3 heterocycles. The van der Waals surface area contributed by atoms with Gasteiger partial charge in [0, 0.05) is 12.7 Å². The molecule has 0 radical (unpaired) electrons. The molecule has 0 fully saturated rings. The van der Waals surface area contributed by atoms with E-state index >= 15 is 0 Å². The van der Waals surface area contributed by atoms with Gasteiger partial charge in [-0.15, -0.1) is 0 Å². The molecule has 0 bridgehead atoms. The van der Waals surface area contributed by atoms with Crippen LogP contribution in [0, 0.1) is 0 Å². The number of pyridine rings is 1. The lowest BCUT2D eigenvalue weighted by atomic mass is 10.2. The van der Waals surface area contributed by atoms with Crippen LogP contribution in [0.2, 0.25) is 0 Å². The van der Waals surface area contributed by atoms with Crippen molar-refractivity contribution in [1.29, 1.82) is 0 Å². The number of nitrogens with one attached hydrogen (secondary N) is 1. The van der Waals surface area contributed by atoms with Crippen LogP contribution in [0.4, 0.5) is 5.82 Å². The first-order valence-electron chi connectivity index (χ1n) is 7.50. The quantitative estimate of drug-likeness (QED) is 0.611. The molecule has 5 heteroatoms. The fourth-order valence-corrected chi connectivity index (χ4v) is 2.61. The van der Waals surface area contributed by atoms with Gasteiger partial charge in [-0.3, -0.25) is 0 Å². The average Bonchev–Trinajstić information content (AvgIpc) is 3.24. The van der Waals surface area contributed by atoms with Crippen LogP contribution in [0.1, 0.15) is 11.3 Å². The molecule has 0 unspecified atom stereocenters. The van der Waals surface area contributed by atoms with Crippen LogP contribution < -0.4 is 5.32 Å². The van der Waals surface area contributed by atoms with E-state index in [0.717, 1.165) is 29.2 Å². The van der Waals surface area contributed by atoms with Crippen molar-refractivity contribution in [3.05, 3.63) is 78.6 Å². The Morgan fingerprint density at radius 3 is 2.74 bits per heavy atom. The number of imidazole rings is 1. The number of hydrogen-bond acceptors (Lipinski definition) is 4. The van der Waals surface area contributed by atoms with Gasteiger partial charge in [-0.25, -0.2) is 9.97 Å².